The molecule has 1 aliphatic rings. The van der Waals surface area contributed by atoms with E-state index in [1.165, 1.54) is 0 Å². The normalized spacial score (nSPS) is 21.8. The van der Waals surface area contributed by atoms with Gasteiger partial charge in [0.25, 0.3) is 5.91 Å². The molecule has 0 spiro atoms. The van der Waals surface area contributed by atoms with E-state index in [0.29, 0.717) is 12.0 Å². The third-order valence-corrected chi connectivity index (χ3v) is 5.87. The molecule has 1 aliphatic heterocycles. The van der Waals surface area contributed by atoms with Crippen molar-refractivity contribution in [2.75, 3.05) is 18.6 Å². The van der Waals surface area contributed by atoms with Gasteiger partial charge in [0.1, 0.15) is 0 Å². The lowest BCUT2D eigenvalue weighted by atomic mass is 10.1. The Bertz CT molecular complexity index is 570. The monoisotopic (exact) mass is 379 g/mol. The Labute approximate surface area is 120 Å². The van der Waals surface area contributed by atoms with E-state index >= 15 is 0 Å². The molecule has 0 radical (unpaired) electrons. The van der Waals surface area contributed by atoms with Crippen LogP contribution in [0.25, 0.3) is 0 Å². The van der Waals surface area contributed by atoms with Crippen molar-refractivity contribution in [3.8, 4) is 0 Å². The molecule has 0 bridgehead atoms. The van der Waals surface area contributed by atoms with E-state index in [4.69, 9.17) is 0 Å². The summed E-state index contributed by atoms with van der Waals surface area (Å²) in [6.07, 6.45) is 0.536. The number of carbonyl (C=O) groups excluding carboxylic acids is 1. The van der Waals surface area contributed by atoms with Crippen molar-refractivity contribution in [3.63, 3.8) is 0 Å². The molecule has 1 amide bonds. The lowest BCUT2D eigenvalue weighted by Gasteiger charge is -2.23. The summed E-state index contributed by atoms with van der Waals surface area (Å²) in [5, 5.41) is 0. The summed E-state index contributed by atoms with van der Waals surface area (Å²) in [7, 11) is -1.28. The Kier molecular flexibility index (Phi) is 3.96. The number of hydrogen-bond acceptors (Lipinski definition) is 3. The highest BCUT2D eigenvalue weighted by Crippen LogP contribution is 2.20. The Hall–Kier alpha value is -0.630. The van der Waals surface area contributed by atoms with Gasteiger partial charge in [0, 0.05) is 16.7 Å². The lowest BCUT2D eigenvalue weighted by Crippen LogP contribution is -2.38. The predicted molar refractivity (Wildman–Crippen MR) is 78.3 cm³/mol. The molecule has 1 aromatic carbocycles. The molecule has 18 heavy (non-hydrogen) atoms. The van der Waals surface area contributed by atoms with Gasteiger partial charge in [-0.2, -0.15) is 0 Å². The van der Waals surface area contributed by atoms with Crippen LogP contribution >= 0.6 is 22.6 Å². The SMILES string of the molecule is CN(C(=O)c1ccccc1I)[C@@H]1CCS(=O)(=O)C1. The average molecular weight is 379 g/mol. The number of nitrogens with zero attached hydrogens (tertiary/aromatic N) is 1. The number of sulfone groups is 1. The van der Waals surface area contributed by atoms with E-state index < -0.39 is 9.84 Å². The maximum atomic E-state index is 12.3. The number of halogens is 1. The van der Waals surface area contributed by atoms with Crippen LogP contribution < -0.4 is 0 Å². The summed E-state index contributed by atoms with van der Waals surface area (Å²) in [4.78, 5) is 13.8. The van der Waals surface area contributed by atoms with Crippen molar-refractivity contribution >= 4 is 38.3 Å². The van der Waals surface area contributed by atoms with Gasteiger partial charge in [-0.25, -0.2) is 8.42 Å². The molecule has 0 aliphatic carbocycles. The van der Waals surface area contributed by atoms with Gasteiger partial charge in [-0.05, 0) is 41.1 Å². The fourth-order valence-electron chi connectivity index (χ4n) is 2.07. The summed E-state index contributed by atoms with van der Waals surface area (Å²) in [6.45, 7) is 0. The Balaban J connectivity index is 2.18. The second-order valence-electron chi connectivity index (χ2n) is 4.45. The van der Waals surface area contributed by atoms with Crippen molar-refractivity contribution < 1.29 is 13.2 Å². The second-order valence-corrected chi connectivity index (χ2v) is 7.84. The van der Waals surface area contributed by atoms with Crippen LogP contribution in [-0.4, -0.2) is 43.8 Å². The van der Waals surface area contributed by atoms with Crippen LogP contribution in [0.2, 0.25) is 0 Å². The van der Waals surface area contributed by atoms with E-state index in [0.717, 1.165) is 3.57 Å². The van der Waals surface area contributed by atoms with Gasteiger partial charge in [-0.1, -0.05) is 12.1 Å². The number of amides is 1. The van der Waals surface area contributed by atoms with Crippen molar-refractivity contribution in [1.29, 1.82) is 0 Å². The summed E-state index contributed by atoms with van der Waals surface area (Å²) in [6, 6.07) is 7.13. The zero-order valence-corrected chi connectivity index (χ0v) is 12.9. The topological polar surface area (TPSA) is 54.5 Å². The van der Waals surface area contributed by atoms with E-state index in [1.807, 2.05) is 18.2 Å². The van der Waals surface area contributed by atoms with Crippen LogP contribution in [0.3, 0.4) is 0 Å². The maximum absolute atomic E-state index is 12.3. The standard InChI is InChI=1S/C12H14INO3S/c1-14(9-6-7-18(16,17)8-9)12(15)10-4-2-3-5-11(10)13/h2-5,9H,6-8H2,1H3/t9-/m1/s1. The van der Waals surface area contributed by atoms with Gasteiger partial charge in [0.2, 0.25) is 0 Å². The van der Waals surface area contributed by atoms with E-state index in [-0.39, 0.29) is 23.5 Å². The van der Waals surface area contributed by atoms with Crippen molar-refractivity contribution in [3.05, 3.63) is 33.4 Å². The highest BCUT2D eigenvalue weighted by atomic mass is 127. The van der Waals surface area contributed by atoms with E-state index in [2.05, 4.69) is 22.6 Å². The van der Waals surface area contributed by atoms with Crippen LogP contribution in [0.5, 0.6) is 0 Å². The molecule has 0 aromatic heterocycles. The van der Waals surface area contributed by atoms with Crippen LogP contribution in [0.15, 0.2) is 24.3 Å². The highest BCUT2D eigenvalue weighted by molar-refractivity contribution is 14.1. The van der Waals surface area contributed by atoms with E-state index in [9.17, 15) is 13.2 Å². The number of carbonyl (C=O) groups is 1. The highest BCUT2D eigenvalue weighted by Gasteiger charge is 2.33. The largest absolute Gasteiger partial charge is 0.338 e. The molecule has 1 aromatic rings. The molecule has 4 nitrogen and oxygen atoms in total. The molecule has 0 unspecified atom stereocenters. The first-order valence-corrected chi connectivity index (χ1v) is 8.53. The Morgan fingerprint density at radius 2 is 2.06 bits per heavy atom. The second kappa shape index (κ2) is 5.16. The fourth-order valence-corrected chi connectivity index (χ4v) is 4.46. The van der Waals surface area contributed by atoms with Gasteiger partial charge in [0.05, 0.1) is 17.1 Å². The third kappa shape index (κ3) is 2.85. The van der Waals surface area contributed by atoms with Crippen LogP contribution in [-0.2, 0) is 9.84 Å². The molecular weight excluding hydrogens is 365 g/mol. The number of rotatable bonds is 2. The van der Waals surface area contributed by atoms with Crippen molar-refractivity contribution in [2.24, 2.45) is 0 Å². The Morgan fingerprint density at radius 3 is 2.61 bits per heavy atom. The van der Waals surface area contributed by atoms with Gasteiger partial charge in [-0.15, -0.1) is 0 Å². The van der Waals surface area contributed by atoms with Gasteiger partial charge in [-0.3, -0.25) is 4.79 Å². The number of hydrogen-bond donors (Lipinski definition) is 0. The zero-order valence-electron chi connectivity index (χ0n) is 9.97. The predicted octanol–water partition coefficient (Wildman–Crippen LogP) is 1.55. The first-order chi connectivity index (χ1) is 8.41. The minimum absolute atomic E-state index is 0.0820. The first-order valence-electron chi connectivity index (χ1n) is 5.63. The molecule has 1 saturated heterocycles. The van der Waals surface area contributed by atoms with Crippen LogP contribution in [0.1, 0.15) is 16.8 Å². The fraction of sp³-hybridized carbons (Fsp3) is 0.417. The van der Waals surface area contributed by atoms with Crippen molar-refractivity contribution in [1.82, 2.24) is 4.90 Å². The summed E-state index contributed by atoms with van der Waals surface area (Å²) < 4.78 is 23.7. The minimum Gasteiger partial charge on any atom is -0.338 e. The van der Waals surface area contributed by atoms with E-state index in [1.54, 1.807) is 18.0 Å². The van der Waals surface area contributed by atoms with Gasteiger partial charge in [0.15, 0.2) is 9.84 Å². The average Bonchev–Trinajstić information content (AvgIpc) is 2.68. The minimum atomic E-state index is -2.96. The van der Waals surface area contributed by atoms with Crippen molar-refractivity contribution in [2.45, 2.75) is 12.5 Å². The first kappa shape index (κ1) is 13.8. The molecular formula is C12H14INO3S. The summed E-state index contributed by atoms with van der Waals surface area (Å²) in [5.41, 5.74) is 0.630. The van der Waals surface area contributed by atoms with Crippen LogP contribution in [0.4, 0.5) is 0 Å². The molecule has 1 atom stereocenters. The molecule has 2 rings (SSSR count). The summed E-state index contributed by atoms with van der Waals surface area (Å²) >= 11 is 2.11. The molecule has 1 heterocycles. The van der Waals surface area contributed by atoms with Gasteiger partial charge < -0.3 is 4.90 Å². The maximum Gasteiger partial charge on any atom is 0.254 e. The molecule has 98 valence electrons. The zero-order chi connectivity index (χ0) is 13.3. The molecule has 0 N–H and O–H groups in total. The quantitative estimate of drug-likeness (QED) is 0.733. The number of benzene rings is 1. The lowest BCUT2D eigenvalue weighted by molar-refractivity contribution is 0.0746. The van der Waals surface area contributed by atoms with Crippen LogP contribution in [0, 0.1) is 3.57 Å². The van der Waals surface area contributed by atoms with Gasteiger partial charge >= 0.3 is 0 Å². The molecule has 6 heteroatoms. The molecule has 1 fully saturated rings. The molecule has 0 saturated carbocycles. The third-order valence-electron chi connectivity index (χ3n) is 3.18. The Morgan fingerprint density at radius 1 is 1.39 bits per heavy atom. The smallest absolute Gasteiger partial charge is 0.254 e. The summed E-state index contributed by atoms with van der Waals surface area (Å²) in [5.74, 6) is 0.155.